The summed E-state index contributed by atoms with van der Waals surface area (Å²) in [4.78, 5) is 0. The van der Waals surface area contributed by atoms with Gasteiger partial charge in [0, 0.05) is 0 Å². The lowest BCUT2D eigenvalue weighted by Crippen LogP contribution is -2.21. The Hall–Kier alpha value is 0.170. The number of hydrogen-bond donors (Lipinski definition) is 0. The first kappa shape index (κ1) is 18.9. The molecule has 0 aromatic heterocycles. The Kier molecular flexibility index (Phi) is 8.17. The molecule has 0 saturated heterocycles. The highest BCUT2D eigenvalue weighted by Gasteiger charge is 2.33. The van der Waals surface area contributed by atoms with E-state index in [1.165, 1.54) is 83.5 Å². The van der Waals surface area contributed by atoms with Gasteiger partial charge in [-0.1, -0.05) is 85.1 Å². The zero-order valence-electron chi connectivity index (χ0n) is 16.3. The molecule has 0 amide bonds. The molecule has 24 heavy (non-hydrogen) atoms. The van der Waals surface area contributed by atoms with E-state index in [0.717, 1.165) is 17.2 Å². The highest BCUT2D eigenvalue weighted by molar-refractivity contribution is 7.63. The summed E-state index contributed by atoms with van der Waals surface area (Å²) in [5.41, 5.74) is 2.19. The molecule has 0 aromatic carbocycles. The second kappa shape index (κ2) is 10.4. The van der Waals surface area contributed by atoms with E-state index in [0.29, 0.717) is 0 Å². The second-order valence-corrected chi connectivity index (χ2v) is 11.6. The van der Waals surface area contributed by atoms with Crippen LogP contribution in [0.25, 0.3) is 0 Å². The van der Waals surface area contributed by atoms with Crippen molar-refractivity contribution in [3.8, 4) is 0 Å². The van der Waals surface area contributed by atoms with Gasteiger partial charge in [0.25, 0.3) is 0 Å². The second-order valence-electron chi connectivity index (χ2n) is 8.80. The van der Waals surface area contributed by atoms with Gasteiger partial charge in [-0.15, -0.1) is 0 Å². The Morgan fingerprint density at radius 3 is 1.62 bits per heavy atom. The summed E-state index contributed by atoms with van der Waals surface area (Å²) in [5, 5.41) is 2.00. The minimum Gasteiger partial charge on any atom is -0.0777 e. The van der Waals surface area contributed by atoms with Crippen molar-refractivity contribution in [3.05, 3.63) is 11.4 Å². The highest BCUT2D eigenvalue weighted by Crippen LogP contribution is 2.62. The molecule has 0 heterocycles. The highest BCUT2D eigenvalue weighted by atomic mass is 31.1. The topological polar surface area (TPSA) is 0 Å². The first-order valence-corrected chi connectivity index (χ1v) is 12.9. The molecule has 0 unspecified atom stereocenters. The Balaban J connectivity index is 1.79. The van der Waals surface area contributed by atoms with E-state index < -0.39 is 0 Å². The van der Waals surface area contributed by atoms with Gasteiger partial charge in [0.2, 0.25) is 0 Å². The van der Waals surface area contributed by atoms with Crippen LogP contribution in [0.3, 0.4) is 0 Å². The third-order valence-corrected chi connectivity index (χ3v) is 10.5. The molecule has 0 aliphatic heterocycles. The van der Waals surface area contributed by atoms with Crippen molar-refractivity contribution in [1.82, 2.24) is 0 Å². The zero-order valence-corrected chi connectivity index (χ0v) is 17.2. The third kappa shape index (κ3) is 5.33. The van der Waals surface area contributed by atoms with Crippen LogP contribution >= 0.6 is 7.92 Å². The quantitative estimate of drug-likeness (QED) is 0.423. The van der Waals surface area contributed by atoms with Gasteiger partial charge in [0.05, 0.1) is 0 Å². The van der Waals surface area contributed by atoms with Crippen molar-refractivity contribution in [3.63, 3.8) is 0 Å². The van der Waals surface area contributed by atoms with Crippen LogP contribution in [-0.4, -0.2) is 11.3 Å². The standard InChI is InChI=1S/C23H41P/c1-2-12-23(19-20-13-6-3-7-14-20)24(21-15-8-4-9-16-21)22-17-10-5-11-18-22/h19-22H,2-18H2,1H3/b23-19+. The smallest absolute Gasteiger partial charge is 0.0170 e. The lowest BCUT2D eigenvalue weighted by atomic mass is 9.89. The van der Waals surface area contributed by atoms with Crippen LogP contribution in [0.15, 0.2) is 11.4 Å². The van der Waals surface area contributed by atoms with Crippen molar-refractivity contribution >= 4 is 7.92 Å². The minimum atomic E-state index is 0.170. The molecule has 0 bridgehead atoms. The van der Waals surface area contributed by atoms with E-state index in [4.69, 9.17) is 0 Å². The van der Waals surface area contributed by atoms with Gasteiger partial charge in [0.1, 0.15) is 0 Å². The summed E-state index contributed by atoms with van der Waals surface area (Å²) < 4.78 is 0. The molecule has 3 aliphatic rings. The van der Waals surface area contributed by atoms with Crippen LogP contribution in [0, 0.1) is 5.92 Å². The van der Waals surface area contributed by atoms with Crippen molar-refractivity contribution in [1.29, 1.82) is 0 Å². The monoisotopic (exact) mass is 348 g/mol. The van der Waals surface area contributed by atoms with E-state index >= 15 is 0 Å². The van der Waals surface area contributed by atoms with Gasteiger partial charge in [0.15, 0.2) is 0 Å². The summed E-state index contributed by atoms with van der Waals surface area (Å²) >= 11 is 0. The number of hydrogen-bond acceptors (Lipinski definition) is 0. The van der Waals surface area contributed by atoms with Gasteiger partial charge in [-0.25, -0.2) is 0 Å². The average molecular weight is 349 g/mol. The summed E-state index contributed by atoms with van der Waals surface area (Å²) in [6, 6.07) is 0. The molecule has 1 heteroatoms. The summed E-state index contributed by atoms with van der Waals surface area (Å²) in [6.45, 7) is 2.42. The Labute approximate surface area is 153 Å². The maximum Gasteiger partial charge on any atom is -0.0170 e. The van der Waals surface area contributed by atoms with E-state index in [-0.39, 0.29) is 7.92 Å². The predicted molar refractivity (Wildman–Crippen MR) is 110 cm³/mol. The predicted octanol–water partition coefficient (Wildman–Crippen LogP) is 8.40. The van der Waals surface area contributed by atoms with Gasteiger partial charge in [-0.3, -0.25) is 0 Å². The van der Waals surface area contributed by atoms with Gasteiger partial charge in [-0.05, 0) is 67.5 Å². The Bertz CT molecular complexity index is 349. The van der Waals surface area contributed by atoms with Crippen molar-refractivity contribution in [2.45, 2.75) is 127 Å². The van der Waals surface area contributed by atoms with Gasteiger partial charge >= 0.3 is 0 Å². The molecular weight excluding hydrogens is 307 g/mol. The van der Waals surface area contributed by atoms with Crippen LogP contribution in [0.2, 0.25) is 0 Å². The van der Waals surface area contributed by atoms with Gasteiger partial charge in [-0.2, -0.15) is 0 Å². The largest absolute Gasteiger partial charge is 0.0777 e. The molecule has 0 N–H and O–H groups in total. The van der Waals surface area contributed by atoms with Crippen molar-refractivity contribution in [2.75, 3.05) is 0 Å². The zero-order chi connectivity index (χ0) is 16.6. The third-order valence-electron chi connectivity index (χ3n) is 6.85. The van der Waals surface area contributed by atoms with E-state index in [1.54, 1.807) is 25.7 Å². The maximum absolute atomic E-state index is 2.87. The first-order chi connectivity index (χ1) is 11.9. The summed E-state index contributed by atoms with van der Waals surface area (Å²) in [5.74, 6) is 0.942. The molecule has 3 fully saturated rings. The van der Waals surface area contributed by atoms with Crippen LogP contribution in [-0.2, 0) is 0 Å². The maximum atomic E-state index is 2.87. The van der Waals surface area contributed by atoms with Crippen LogP contribution < -0.4 is 0 Å². The van der Waals surface area contributed by atoms with E-state index in [9.17, 15) is 0 Å². The Morgan fingerprint density at radius 1 is 0.708 bits per heavy atom. The van der Waals surface area contributed by atoms with Crippen LogP contribution in [0.5, 0.6) is 0 Å². The van der Waals surface area contributed by atoms with Crippen LogP contribution in [0.4, 0.5) is 0 Å². The van der Waals surface area contributed by atoms with Crippen LogP contribution in [0.1, 0.15) is 116 Å². The molecule has 0 aromatic rings. The van der Waals surface area contributed by atoms with Crippen molar-refractivity contribution in [2.24, 2.45) is 5.92 Å². The van der Waals surface area contributed by atoms with E-state index in [1.807, 2.05) is 5.31 Å². The molecule has 3 saturated carbocycles. The molecule has 0 atom stereocenters. The lowest BCUT2D eigenvalue weighted by molar-refractivity contribution is 0.418. The molecule has 0 radical (unpaired) electrons. The van der Waals surface area contributed by atoms with E-state index in [2.05, 4.69) is 13.0 Å². The fourth-order valence-electron chi connectivity index (χ4n) is 5.61. The molecule has 0 spiro atoms. The normalized spacial score (nSPS) is 26.2. The fourth-order valence-corrected chi connectivity index (χ4v) is 9.86. The van der Waals surface area contributed by atoms with Crippen molar-refractivity contribution < 1.29 is 0 Å². The summed E-state index contributed by atoms with van der Waals surface area (Å²) in [6.07, 6.45) is 28.5. The SMILES string of the molecule is CCC/C(=C\C1CCCCC1)P(C1CCCCC1)C1CCCCC1. The Morgan fingerprint density at radius 2 is 1.17 bits per heavy atom. The lowest BCUT2D eigenvalue weighted by Gasteiger charge is -2.40. The van der Waals surface area contributed by atoms with Gasteiger partial charge < -0.3 is 0 Å². The molecule has 3 rings (SSSR count). The number of rotatable bonds is 6. The first-order valence-electron chi connectivity index (χ1n) is 11.4. The summed E-state index contributed by atoms with van der Waals surface area (Å²) in [7, 11) is 0.170. The fraction of sp³-hybridized carbons (Fsp3) is 0.913. The molecule has 0 nitrogen and oxygen atoms in total. The average Bonchev–Trinajstić information content (AvgIpc) is 2.65. The minimum absolute atomic E-state index is 0.170. The number of allylic oxidation sites excluding steroid dienone is 2. The molecule has 138 valence electrons. The molecular formula is C23H41P. The molecule has 3 aliphatic carbocycles.